The van der Waals surface area contributed by atoms with Gasteiger partial charge in [-0.1, -0.05) is 26.2 Å². The lowest BCUT2D eigenvalue weighted by Crippen LogP contribution is -2.07. The van der Waals surface area contributed by atoms with E-state index < -0.39 is 0 Å². The molecule has 1 N–H and O–H groups in total. The maximum atomic E-state index is 10.7. The lowest BCUT2D eigenvalue weighted by molar-refractivity contribution is 0.290. The van der Waals surface area contributed by atoms with E-state index in [1.165, 1.54) is 25.3 Å². The number of hydrogen-bond acceptors (Lipinski definition) is 3. The second kappa shape index (κ2) is 6.18. The van der Waals surface area contributed by atoms with Gasteiger partial charge in [0.25, 0.3) is 5.56 Å². The first-order valence-corrected chi connectivity index (χ1v) is 5.01. The Balaban J connectivity index is 2.18. The minimum atomic E-state index is -0.205. The molecule has 0 fully saturated rings. The largest absolute Gasteiger partial charge is 0.477 e. The van der Waals surface area contributed by atoms with Crippen molar-refractivity contribution in [3.05, 3.63) is 22.5 Å². The molecule has 0 aliphatic carbocycles. The number of unbranched alkanes of at least 4 members (excludes halogenated alkanes) is 3. The van der Waals surface area contributed by atoms with E-state index in [0.717, 1.165) is 6.42 Å². The number of aromatic amines is 1. The summed E-state index contributed by atoms with van der Waals surface area (Å²) in [6.07, 6.45) is 4.67. The molecule has 0 unspecified atom stereocenters. The third kappa shape index (κ3) is 4.07. The zero-order valence-electron chi connectivity index (χ0n) is 8.45. The summed E-state index contributed by atoms with van der Waals surface area (Å²) in [5.74, 6) is 0.487. The molecular weight excluding hydrogens is 180 g/mol. The summed E-state index contributed by atoms with van der Waals surface area (Å²) in [6, 6.07) is 2.99. The van der Waals surface area contributed by atoms with Crippen LogP contribution in [-0.4, -0.2) is 16.8 Å². The molecule has 0 aromatic carbocycles. The van der Waals surface area contributed by atoms with Gasteiger partial charge in [-0.05, 0) is 6.42 Å². The quantitative estimate of drug-likeness (QED) is 0.705. The summed E-state index contributed by atoms with van der Waals surface area (Å²) in [5, 5.41) is 6.06. The molecule has 78 valence electrons. The van der Waals surface area contributed by atoms with Gasteiger partial charge in [0.15, 0.2) is 0 Å². The third-order valence-corrected chi connectivity index (χ3v) is 1.90. The number of rotatable bonds is 6. The maximum absolute atomic E-state index is 10.7. The highest BCUT2D eigenvalue weighted by Gasteiger charge is 1.94. The Morgan fingerprint density at radius 1 is 1.36 bits per heavy atom. The zero-order chi connectivity index (χ0) is 10.2. The molecule has 0 saturated carbocycles. The molecule has 0 atom stereocenters. The minimum absolute atomic E-state index is 0.205. The number of nitrogens with one attached hydrogen (secondary N) is 1. The van der Waals surface area contributed by atoms with Crippen LogP contribution in [0, 0.1) is 0 Å². The molecule has 1 aromatic rings. The summed E-state index contributed by atoms with van der Waals surface area (Å²) in [6.45, 7) is 2.84. The molecular formula is C10H16N2O2. The van der Waals surface area contributed by atoms with Crippen LogP contribution in [0.25, 0.3) is 0 Å². The number of aromatic nitrogens is 2. The summed E-state index contributed by atoms with van der Waals surface area (Å²) < 4.78 is 5.33. The van der Waals surface area contributed by atoms with Gasteiger partial charge in [-0.15, -0.1) is 5.10 Å². The van der Waals surface area contributed by atoms with E-state index in [-0.39, 0.29) is 5.56 Å². The summed E-state index contributed by atoms with van der Waals surface area (Å²) in [4.78, 5) is 10.7. The molecule has 0 saturated heterocycles. The minimum Gasteiger partial charge on any atom is -0.477 e. The van der Waals surface area contributed by atoms with Gasteiger partial charge in [-0.2, -0.15) is 0 Å². The zero-order valence-corrected chi connectivity index (χ0v) is 8.45. The van der Waals surface area contributed by atoms with E-state index in [1.807, 2.05) is 0 Å². The van der Waals surface area contributed by atoms with E-state index >= 15 is 0 Å². The third-order valence-electron chi connectivity index (χ3n) is 1.90. The molecule has 0 amide bonds. The highest BCUT2D eigenvalue weighted by atomic mass is 16.5. The predicted octanol–water partition coefficient (Wildman–Crippen LogP) is 1.73. The van der Waals surface area contributed by atoms with Crippen molar-refractivity contribution in [2.75, 3.05) is 6.61 Å². The normalized spacial score (nSPS) is 10.1. The molecule has 4 heteroatoms. The van der Waals surface area contributed by atoms with Gasteiger partial charge < -0.3 is 4.74 Å². The number of nitrogens with zero attached hydrogens (tertiary/aromatic N) is 1. The second-order valence-electron chi connectivity index (χ2n) is 3.17. The lowest BCUT2D eigenvalue weighted by atomic mass is 10.2. The Morgan fingerprint density at radius 3 is 2.86 bits per heavy atom. The molecule has 0 radical (unpaired) electrons. The van der Waals surface area contributed by atoms with Gasteiger partial charge in [0, 0.05) is 12.1 Å². The van der Waals surface area contributed by atoms with Gasteiger partial charge in [0.05, 0.1) is 6.61 Å². The molecule has 0 spiro atoms. The molecule has 0 bridgehead atoms. The first-order chi connectivity index (χ1) is 6.83. The maximum Gasteiger partial charge on any atom is 0.264 e. The second-order valence-corrected chi connectivity index (χ2v) is 3.17. The van der Waals surface area contributed by atoms with Crippen molar-refractivity contribution in [3.8, 4) is 5.88 Å². The fourth-order valence-electron chi connectivity index (χ4n) is 1.12. The van der Waals surface area contributed by atoms with Crippen molar-refractivity contribution < 1.29 is 4.74 Å². The fraction of sp³-hybridized carbons (Fsp3) is 0.600. The van der Waals surface area contributed by atoms with Crippen LogP contribution in [0.2, 0.25) is 0 Å². The van der Waals surface area contributed by atoms with E-state index in [1.54, 1.807) is 6.07 Å². The van der Waals surface area contributed by atoms with E-state index in [4.69, 9.17) is 4.74 Å². The van der Waals surface area contributed by atoms with E-state index in [9.17, 15) is 4.79 Å². The first-order valence-electron chi connectivity index (χ1n) is 5.01. The van der Waals surface area contributed by atoms with Crippen LogP contribution in [0.3, 0.4) is 0 Å². The molecule has 0 aliphatic heterocycles. The standard InChI is InChI=1S/C10H16N2O2/c1-2-3-4-5-8-14-10-7-6-9(13)11-12-10/h6-7H,2-5,8H2,1H3,(H,11,13). The van der Waals surface area contributed by atoms with Crippen molar-refractivity contribution in [2.45, 2.75) is 32.6 Å². The van der Waals surface area contributed by atoms with E-state index in [0.29, 0.717) is 12.5 Å². The van der Waals surface area contributed by atoms with Crippen molar-refractivity contribution in [2.24, 2.45) is 0 Å². The average molecular weight is 196 g/mol. The van der Waals surface area contributed by atoms with Crippen LogP contribution in [0.1, 0.15) is 32.6 Å². The molecule has 0 aliphatic rings. The van der Waals surface area contributed by atoms with Crippen molar-refractivity contribution in [3.63, 3.8) is 0 Å². The van der Waals surface area contributed by atoms with Crippen LogP contribution >= 0.6 is 0 Å². The van der Waals surface area contributed by atoms with Crippen LogP contribution in [0.5, 0.6) is 5.88 Å². The molecule has 1 rings (SSSR count). The Labute approximate surface area is 83.3 Å². The summed E-state index contributed by atoms with van der Waals surface area (Å²) >= 11 is 0. The van der Waals surface area contributed by atoms with Gasteiger partial charge in [0.1, 0.15) is 0 Å². The number of hydrogen-bond donors (Lipinski definition) is 1. The Morgan fingerprint density at radius 2 is 2.21 bits per heavy atom. The SMILES string of the molecule is CCCCCCOc1ccc(=O)[nH]n1. The Hall–Kier alpha value is -1.32. The monoisotopic (exact) mass is 196 g/mol. The van der Waals surface area contributed by atoms with Crippen LogP contribution in [-0.2, 0) is 0 Å². The van der Waals surface area contributed by atoms with Gasteiger partial charge in [-0.3, -0.25) is 4.79 Å². The summed E-state index contributed by atoms with van der Waals surface area (Å²) in [5.41, 5.74) is -0.205. The lowest BCUT2D eigenvalue weighted by Gasteiger charge is -2.03. The van der Waals surface area contributed by atoms with E-state index in [2.05, 4.69) is 17.1 Å². The van der Waals surface area contributed by atoms with Crippen LogP contribution in [0.15, 0.2) is 16.9 Å². The predicted molar refractivity (Wildman–Crippen MR) is 54.5 cm³/mol. The highest BCUT2D eigenvalue weighted by Crippen LogP contribution is 2.03. The Bertz CT molecular complexity index is 289. The number of H-pyrrole nitrogens is 1. The van der Waals surface area contributed by atoms with Gasteiger partial charge in [-0.25, -0.2) is 5.10 Å². The summed E-state index contributed by atoms with van der Waals surface area (Å²) in [7, 11) is 0. The van der Waals surface area contributed by atoms with Crippen molar-refractivity contribution >= 4 is 0 Å². The smallest absolute Gasteiger partial charge is 0.264 e. The Kier molecular flexibility index (Phi) is 4.75. The average Bonchev–Trinajstić information content (AvgIpc) is 2.21. The highest BCUT2D eigenvalue weighted by molar-refractivity contribution is 5.05. The fourth-order valence-corrected chi connectivity index (χ4v) is 1.12. The van der Waals surface area contributed by atoms with Crippen molar-refractivity contribution in [1.82, 2.24) is 10.2 Å². The van der Waals surface area contributed by atoms with Gasteiger partial charge >= 0.3 is 0 Å². The first kappa shape index (κ1) is 10.8. The topological polar surface area (TPSA) is 55.0 Å². The number of ether oxygens (including phenoxy) is 1. The van der Waals surface area contributed by atoms with Crippen LogP contribution in [0.4, 0.5) is 0 Å². The molecule has 1 aromatic heterocycles. The van der Waals surface area contributed by atoms with Crippen molar-refractivity contribution in [1.29, 1.82) is 0 Å². The molecule has 1 heterocycles. The van der Waals surface area contributed by atoms with Crippen LogP contribution < -0.4 is 10.3 Å². The molecule has 4 nitrogen and oxygen atoms in total. The van der Waals surface area contributed by atoms with Gasteiger partial charge in [0.2, 0.25) is 5.88 Å². The molecule has 14 heavy (non-hydrogen) atoms.